The van der Waals surface area contributed by atoms with Gasteiger partial charge in [-0.3, -0.25) is 4.79 Å². The molecule has 0 N–H and O–H groups in total. The molecule has 0 radical (unpaired) electrons. The zero-order chi connectivity index (χ0) is 11.4. The first-order valence-corrected chi connectivity index (χ1v) is 5.39. The summed E-state index contributed by atoms with van der Waals surface area (Å²) in [6, 6.07) is 6.08. The molecule has 1 aliphatic rings. The molecule has 1 aromatic rings. The fourth-order valence-electron chi connectivity index (χ4n) is 1.89. The molecule has 2 rings (SSSR count). The molecule has 1 atom stereocenters. The van der Waals surface area contributed by atoms with Crippen molar-refractivity contribution in [3.8, 4) is 5.75 Å². The summed E-state index contributed by atoms with van der Waals surface area (Å²) in [4.78, 5) is 12.3. The highest BCUT2D eigenvalue weighted by Gasteiger charge is 2.19. The number of halogens is 1. The summed E-state index contributed by atoms with van der Waals surface area (Å²) >= 11 is 0. The number of benzene rings is 1. The van der Waals surface area contributed by atoms with Crippen LogP contribution in [-0.2, 0) is 4.79 Å². The van der Waals surface area contributed by atoms with E-state index in [0.29, 0.717) is 12.3 Å². The molecule has 1 aromatic carbocycles. The van der Waals surface area contributed by atoms with Crippen LogP contribution in [0.25, 0.3) is 0 Å². The SMILES string of the molecule is O=CN1CCCC(Oc2cccc(F)c2)C1. The fourth-order valence-corrected chi connectivity index (χ4v) is 1.89. The molecule has 0 aromatic heterocycles. The van der Waals surface area contributed by atoms with Crippen molar-refractivity contribution in [2.45, 2.75) is 18.9 Å². The van der Waals surface area contributed by atoms with Gasteiger partial charge in [0.25, 0.3) is 0 Å². The van der Waals surface area contributed by atoms with Gasteiger partial charge in [0.05, 0.1) is 6.54 Å². The Morgan fingerprint density at radius 2 is 2.38 bits per heavy atom. The fraction of sp³-hybridized carbons (Fsp3) is 0.417. The van der Waals surface area contributed by atoms with Gasteiger partial charge in [0.1, 0.15) is 17.7 Å². The third-order valence-corrected chi connectivity index (χ3v) is 2.66. The Labute approximate surface area is 93.8 Å². The molecule has 3 nitrogen and oxygen atoms in total. The zero-order valence-corrected chi connectivity index (χ0v) is 8.93. The van der Waals surface area contributed by atoms with Crippen LogP contribution in [0.3, 0.4) is 0 Å². The number of likely N-dealkylation sites (tertiary alicyclic amines) is 1. The van der Waals surface area contributed by atoms with E-state index in [0.717, 1.165) is 25.8 Å². The molecule has 0 spiro atoms. The lowest BCUT2D eigenvalue weighted by molar-refractivity contribution is -0.120. The highest BCUT2D eigenvalue weighted by Crippen LogP contribution is 2.18. The first-order chi connectivity index (χ1) is 7.78. The standard InChI is InChI=1S/C12H14FNO2/c13-10-3-1-4-11(7-10)16-12-5-2-6-14(8-12)9-15/h1,3-4,7,9,12H,2,5-6,8H2. The van der Waals surface area contributed by atoms with Crippen molar-refractivity contribution in [3.05, 3.63) is 30.1 Å². The van der Waals surface area contributed by atoms with Crippen molar-refractivity contribution in [2.75, 3.05) is 13.1 Å². The zero-order valence-electron chi connectivity index (χ0n) is 8.93. The first kappa shape index (κ1) is 10.9. The highest BCUT2D eigenvalue weighted by atomic mass is 19.1. The second kappa shape index (κ2) is 4.96. The van der Waals surface area contributed by atoms with E-state index in [1.54, 1.807) is 17.0 Å². The van der Waals surface area contributed by atoms with Gasteiger partial charge in [-0.2, -0.15) is 0 Å². The van der Waals surface area contributed by atoms with E-state index >= 15 is 0 Å². The molecule has 1 unspecified atom stereocenters. The lowest BCUT2D eigenvalue weighted by Crippen LogP contribution is -2.40. The van der Waals surface area contributed by atoms with Gasteiger partial charge < -0.3 is 9.64 Å². The third-order valence-electron chi connectivity index (χ3n) is 2.66. The Morgan fingerprint density at radius 3 is 3.12 bits per heavy atom. The van der Waals surface area contributed by atoms with Crippen molar-refractivity contribution in [1.82, 2.24) is 4.90 Å². The van der Waals surface area contributed by atoms with E-state index in [1.807, 2.05) is 0 Å². The molecule has 1 saturated heterocycles. The predicted octanol–water partition coefficient (Wildman–Crippen LogP) is 1.83. The molecule has 1 aliphatic heterocycles. The number of hydrogen-bond donors (Lipinski definition) is 0. The van der Waals surface area contributed by atoms with Crippen molar-refractivity contribution >= 4 is 6.41 Å². The van der Waals surface area contributed by atoms with E-state index in [-0.39, 0.29) is 11.9 Å². The number of amides is 1. The van der Waals surface area contributed by atoms with Gasteiger partial charge in [-0.25, -0.2) is 4.39 Å². The van der Waals surface area contributed by atoms with Crippen LogP contribution in [0.5, 0.6) is 5.75 Å². The molecule has 0 bridgehead atoms. The van der Waals surface area contributed by atoms with Crippen LogP contribution in [0.15, 0.2) is 24.3 Å². The third kappa shape index (κ3) is 2.72. The number of nitrogens with zero attached hydrogens (tertiary/aromatic N) is 1. The summed E-state index contributed by atoms with van der Waals surface area (Å²) < 4.78 is 18.5. The number of piperidine rings is 1. The largest absolute Gasteiger partial charge is 0.488 e. The lowest BCUT2D eigenvalue weighted by atomic mass is 10.1. The topological polar surface area (TPSA) is 29.5 Å². The number of hydrogen-bond acceptors (Lipinski definition) is 2. The van der Waals surface area contributed by atoms with Crippen LogP contribution >= 0.6 is 0 Å². The quantitative estimate of drug-likeness (QED) is 0.731. The maximum absolute atomic E-state index is 12.9. The maximum atomic E-state index is 12.9. The van der Waals surface area contributed by atoms with Crippen molar-refractivity contribution in [1.29, 1.82) is 0 Å². The molecular weight excluding hydrogens is 209 g/mol. The van der Waals surface area contributed by atoms with Crippen molar-refractivity contribution in [2.24, 2.45) is 0 Å². The lowest BCUT2D eigenvalue weighted by Gasteiger charge is -2.30. The number of carbonyl (C=O) groups excluding carboxylic acids is 1. The molecule has 4 heteroatoms. The van der Waals surface area contributed by atoms with E-state index in [2.05, 4.69) is 0 Å². The molecule has 1 fully saturated rings. The normalized spacial score (nSPS) is 20.6. The Bertz CT molecular complexity index is 370. The van der Waals surface area contributed by atoms with Gasteiger partial charge in [0.15, 0.2) is 0 Å². The molecule has 0 saturated carbocycles. The molecule has 16 heavy (non-hydrogen) atoms. The molecule has 86 valence electrons. The Morgan fingerprint density at radius 1 is 1.50 bits per heavy atom. The van der Waals surface area contributed by atoms with Crippen LogP contribution in [0.2, 0.25) is 0 Å². The van der Waals surface area contributed by atoms with Gasteiger partial charge in [0, 0.05) is 12.6 Å². The smallest absolute Gasteiger partial charge is 0.209 e. The number of rotatable bonds is 3. The second-order valence-electron chi connectivity index (χ2n) is 3.94. The van der Waals surface area contributed by atoms with E-state index in [9.17, 15) is 9.18 Å². The van der Waals surface area contributed by atoms with Crippen LogP contribution in [0.4, 0.5) is 4.39 Å². The Balaban J connectivity index is 1.96. The summed E-state index contributed by atoms with van der Waals surface area (Å²) in [7, 11) is 0. The average molecular weight is 223 g/mol. The van der Waals surface area contributed by atoms with Gasteiger partial charge in [-0.05, 0) is 25.0 Å². The van der Waals surface area contributed by atoms with Gasteiger partial charge in [-0.1, -0.05) is 6.07 Å². The predicted molar refractivity (Wildman–Crippen MR) is 57.7 cm³/mol. The van der Waals surface area contributed by atoms with E-state index in [4.69, 9.17) is 4.74 Å². The molecular formula is C12H14FNO2. The van der Waals surface area contributed by atoms with E-state index in [1.165, 1.54) is 12.1 Å². The highest BCUT2D eigenvalue weighted by molar-refractivity contribution is 5.47. The van der Waals surface area contributed by atoms with Crippen LogP contribution in [0.1, 0.15) is 12.8 Å². The average Bonchev–Trinajstić information content (AvgIpc) is 2.29. The minimum absolute atomic E-state index is 0.0271. The molecule has 1 heterocycles. The summed E-state index contributed by atoms with van der Waals surface area (Å²) in [6.45, 7) is 1.37. The van der Waals surface area contributed by atoms with Crippen LogP contribution in [-0.4, -0.2) is 30.5 Å². The van der Waals surface area contributed by atoms with E-state index < -0.39 is 0 Å². The number of carbonyl (C=O) groups is 1. The van der Waals surface area contributed by atoms with Crippen molar-refractivity contribution in [3.63, 3.8) is 0 Å². The summed E-state index contributed by atoms with van der Waals surface area (Å²) in [5.41, 5.74) is 0. The van der Waals surface area contributed by atoms with Gasteiger partial charge >= 0.3 is 0 Å². The summed E-state index contributed by atoms with van der Waals surface area (Å²) in [6.07, 6.45) is 2.64. The monoisotopic (exact) mass is 223 g/mol. The summed E-state index contributed by atoms with van der Waals surface area (Å²) in [5, 5.41) is 0. The second-order valence-corrected chi connectivity index (χ2v) is 3.94. The minimum atomic E-state index is -0.305. The maximum Gasteiger partial charge on any atom is 0.209 e. The van der Waals surface area contributed by atoms with Gasteiger partial charge in [-0.15, -0.1) is 0 Å². The Hall–Kier alpha value is -1.58. The van der Waals surface area contributed by atoms with Crippen LogP contribution < -0.4 is 4.74 Å². The van der Waals surface area contributed by atoms with Crippen LogP contribution in [0, 0.1) is 5.82 Å². The molecule has 1 amide bonds. The minimum Gasteiger partial charge on any atom is -0.488 e. The first-order valence-electron chi connectivity index (χ1n) is 5.39. The summed E-state index contributed by atoms with van der Waals surface area (Å²) in [5.74, 6) is 0.221. The number of ether oxygens (including phenoxy) is 1. The van der Waals surface area contributed by atoms with Gasteiger partial charge in [0.2, 0.25) is 6.41 Å². The Kier molecular flexibility index (Phi) is 3.39. The van der Waals surface area contributed by atoms with Crippen molar-refractivity contribution < 1.29 is 13.9 Å². The molecule has 0 aliphatic carbocycles.